The number of hydrogen-bond acceptors (Lipinski definition) is 3. The van der Waals surface area contributed by atoms with E-state index in [1.165, 1.54) is 0 Å². The van der Waals surface area contributed by atoms with Gasteiger partial charge in [-0.2, -0.15) is 0 Å². The summed E-state index contributed by atoms with van der Waals surface area (Å²) in [6, 6.07) is 6.93. The number of ether oxygens (including phenoxy) is 1. The van der Waals surface area contributed by atoms with E-state index >= 15 is 0 Å². The lowest BCUT2D eigenvalue weighted by molar-refractivity contribution is 0.419. The standard InChI is InChI=1S/C11H10ClN3O.ClH/c1-16-9-5-3-7(12)6-2-4-8(11(13)14)15-10(6)9;/h2-5H,1H3,(H3,13,14);1H. The van der Waals surface area contributed by atoms with Crippen LogP contribution >= 0.6 is 24.0 Å². The summed E-state index contributed by atoms with van der Waals surface area (Å²) >= 11 is 6.04. The molecule has 0 aliphatic carbocycles. The summed E-state index contributed by atoms with van der Waals surface area (Å²) in [7, 11) is 1.56. The van der Waals surface area contributed by atoms with Crippen molar-refractivity contribution in [1.82, 2.24) is 4.98 Å². The first-order valence-corrected chi connectivity index (χ1v) is 4.99. The highest BCUT2D eigenvalue weighted by Crippen LogP contribution is 2.29. The third-order valence-electron chi connectivity index (χ3n) is 2.26. The predicted octanol–water partition coefficient (Wildman–Crippen LogP) is 2.60. The third-order valence-corrected chi connectivity index (χ3v) is 2.59. The summed E-state index contributed by atoms with van der Waals surface area (Å²) in [4.78, 5) is 4.25. The van der Waals surface area contributed by atoms with Crippen molar-refractivity contribution in [3.8, 4) is 5.75 Å². The van der Waals surface area contributed by atoms with Gasteiger partial charge < -0.3 is 10.5 Å². The van der Waals surface area contributed by atoms with Crippen LogP contribution in [-0.4, -0.2) is 17.9 Å². The summed E-state index contributed by atoms with van der Waals surface area (Å²) in [6.45, 7) is 0. The molecule has 0 fully saturated rings. The Kier molecular flexibility index (Phi) is 4.15. The van der Waals surface area contributed by atoms with E-state index in [2.05, 4.69) is 4.98 Å². The second-order valence-electron chi connectivity index (χ2n) is 3.26. The molecule has 6 heteroatoms. The minimum Gasteiger partial charge on any atom is -0.494 e. The molecule has 4 nitrogen and oxygen atoms in total. The maximum atomic E-state index is 7.33. The second-order valence-corrected chi connectivity index (χ2v) is 3.66. The van der Waals surface area contributed by atoms with Crippen LogP contribution in [0.5, 0.6) is 5.75 Å². The van der Waals surface area contributed by atoms with Gasteiger partial charge in [0.15, 0.2) is 0 Å². The number of aromatic nitrogens is 1. The number of amidine groups is 1. The summed E-state index contributed by atoms with van der Waals surface area (Å²) in [5, 5.41) is 8.71. The number of nitrogens with one attached hydrogen (secondary N) is 1. The minimum atomic E-state index is -0.0797. The Morgan fingerprint density at radius 3 is 2.65 bits per heavy atom. The molecule has 1 aromatic heterocycles. The van der Waals surface area contributed by atoms with Crippen molar-refractivity contribution < 1.29 is 4.74 Å². The molecule has 0 bridgehead atoms. The summed E-state index contributed by atoms with van der Waals surface area (Å²) in [6.07, 6.45) is 0. The van der Waals surface area contributed by atoms with Crippen molar-refractivity contribution in [2.45, 2.75) is 0 Å². The molecule has 0 saturated carbocycles. The number of fused-ring (bicyclic) bond motifs is 1. The molecule has 90 valence electrons. The molecule has 3 N–H and O–H groups in total. The molecule has 0 saturated heterocycles. The fraction of sp³-hybridized carbons (Fsp3) is 0.0909. The predicted molar refractivity (Wildman–Crippen MR) is 71.6 cm³/mol. The first-order valence-electron chi connectivity index (χ1n) is 4.61. The summed E-state index contributed by atoms with van der Waals surface area (Å²) in [5.74, 6) is 0.534. The van der Waals surface area contributed by atoms with E-state index in [4.69, 9.17) is 27.5 Å². The highest BCUT2D eigenvalue weighted by Gasteiger charge is 2.08. The van der Waals surface area contributed by atoms with E-state index in [-0.39, 0.29) is 18.2 Å². The number of hydrogen-bond donors (Lipinski definition) is 2. The van der Waals surface area contributed by atoms with Crippen LogP contribution in [0.4, 0.5) is 0 Å². The minimum absolute atomic E-state index is 0. The average Bonchev–Trinajstić information content (AvgIpc) is 2.29. The van der Waals surface area contributed by atoms with E-state index in [0.717, 1.165) is 5.39 Å². The zero-order chi connectivity index (χ0) is 11.7. The SMILES string of the molecule is COc1ccc(Cl)c2ccc(C(=N)N)nc12.Cl. The molecular weight excluding hydrogens is 261 g/mol. The number of pyridine rings is 1. The molecule has 2 rings (SSSR count). The van der Waals surface area contributed by atoms with Crippen LogP contribution in [0.25, 0.3) is 10.9 Å². The zero-order valence-electron chi connectivity index (χ0n) is 9.03. The lowest BCUT2D eigenvalue weighted by Gasteiger charge is -2.07. The Morgan fingerprint density at radius 2 is 2.06 bits per heavy atom. The van der Waals surface area contributed by atoms with E-state index in [0.29, 0.717) is 22.0 Å². The number of benzene rings is 1. The van der Waals surface area contributed by atoms with Gasteiger partial charge in [-0.15, -0.1) is 12.4 Å². The molecule has 1 aromatic carbocycles. The Balaban J connectivity index is 0.00000144. The number of nitrogens with zero attached hydrogens (tertiary/aromatic N) is 1. The number of methoxy groups -OCH3 is 1. The Morgan fingerprint density at radius 1 is 1.35 bits per heavy atom. The molecule has 2 aromatic rings. The molecule has 0 aliphatic heterocycles. The topological polar surface area (TPSA) is 72.0 Å². The number of nitrogens with two attached hydrogens (primary N) is 1. The smallest absolute Gasteiger partial charge is 0.145 e. The Bertz CT molecular complexity index is 572. The van der Waals surface area contributed by atoms with Crippen molar-refractivity contribution in [1.29, 1.82) is 5.41 Å². The van der Waals surface area contributed by atoms with E-state index in [9.17, 15) is 0 Å². The van der Waals surface area contributed by atoms with Gasteiger partial charge in [-0.05, 0) is 24.3 Å². The molecule has 0 unspecified atom stereocenters. The quantitative estimate of drug-likeness (QED) is 0.652. The van der Waals surface area contributed by atoms with E-state index in [1.54, 1.807) is 31.4 Å². The van der Waals surface area contributed by atoms with Crippen molar-refractivity contribution in [2.24, 2.45) is 5.73 Å². The fourth-order valence-electron chi connectivity index (χ4n) is 1.47. The van der Waals surface area contributed by atoms with Gasteiger partial charge in [0.05, 0.1) is 12.1 Å². The average molecular weight is 272 g/mol. The zero-order valence-corrected chi connectivity index (χ0v) is 10.6. The van der Waals surface area contributed by atoms with Crippen LogP contribution in [0.2, 0.25) is 5.02 Å². The van der Waals surface area contributed by atoms with Gasteiger partial charge in [0, 0.05) is 5.39 Å². The maximum absolute atomic E-state index is 7.33. The molecule has 0 spiro atoms. The fourth-order valence-corrected chi connectivity index (χ4v) is 1.69. The molecule has 0 amide bonds. The highest BCUT2D eigenvalue weighted by atomic mass is 35.5. The normalized spacial score (nSPS) is 9.76. The van der Waals surface area contributed by atoms with E-state index in [1.807, 2.05) is 0 Å². The lowest BCUT2D eigenvalue weighted by Crippen LogP contribution is -2.13. The highest BCUT2D eigenvalue weighted by molar-refractivity contribution is 6.35. The molecule has 1 heterocycles. The number of rotatable bonds is 2. The van der Waals surface area contributed by atoms with Crippen LogP contribution in [0, 0.1) is 5.41 Å². The summed E-state index contributed by atoms with van der Waals surface area (Å²) in [5.41, 5.74) is 6.41. The monoisotopic (exact) mass is 271 g/mol. The molecule has 0 aliphatic rings. The van der Waals surface area contributed by atoms with Gasteiger partial charge in [-0.1, -0.05) is 11.6 Å². The van der Waals surface area contributed by atoms with Gasteiger partial charge in [0.1, 0.15) is 22.8 Å². The Hall–Kier alpha value is -1.52. The van der Waals surface area contributed by atoms with Gasteiger partial charge in [-0.3, -0.25) is 5.41 Å². The van der Waals surface area contributed by atoms with Gasteiger partial charge in [0.25, 0.3) is 0 Å². The maximum Gasteiger partial charge on any atom is 0.145 e. The second kappa shape index (κ2) is 5.21. The molecular formula is C11H11Cl2N3O. The van der Waals surface area contributed by atoms with E-state index < -0.39 is 0 Å². The van der Waals surface area contributed by atoms with Gasteiger partial charge in [-0.25, -0.2) is 4.98 Å². The van der Waals surface area contributed by atoms with Crippen molar-refractivity contribution in [3.05, 3.63) is 35.0 Å². The van der Waals surface area contributed by atoms with Crippen molar-refractivity contribution in [3.63, 3.8) is 0 Å². The van der Waals surface area contributed by atoms with Crippen molar-refractivity contribution in [2.75, 3.05) is 7.11 Å². The van der Waals surface area contributed by atoms with Crippen LogP contribution in [0.3, 0.4) is 0 Å². The molecule has 17 heavy (non-hydrogen) atoms. The first kappa shape index (κ1) is 13.5. The van der Waals surface area contributed by atoms with Gasteiger partial charge >= 0.3 is 0 Å². The molecule has 0 radical (unpaired) electrons. The third kappa shape index (κ3) is 2.43. The molecule has 0 atom stereocenters. The van der Waals surface area contributed by atoms with Crippen LogP contribution < -0.4 is 10.5 Å². The van der Waals surface area contributed by atoms with Crippen LogP contribution in [-0.2, 0) is 0 Å². The lowest BCUT2D eigenvalue weighted by atomic mass is 10.2. The first-order chi connectivity index (χ1) is 7.63. The number of nitrogen functional groups attached to an aromatic ring is 1. The van der Waals surface area contributed by atoms with Crippen molar-refractivity contribution >= 4 is 40.7 Å². The van der Waals surface area contributed by atoms with Crippen LogP contribution in [0.1, 0.15) is 5.69 Å². The Labute approximate surface area is 110 Å². The number of halogens is 2. The van der Waals surface area contributed by atoms with Gasteiger partial charge in [0.2, 0.25) is 0 Å². The largest absolute Gasteiger partial charge is 0.494 e. The summed E-state index contributed by atoms with van der Waals surface area (Å²) < 4.78 is 5.18. The van der Waals surface area contributed by atoms with Crippen LogP contribution in [0.15, 0.2) is 24.3 Å².